The fourth-order valence-electron chi connectivity index (χ4n) is 2.57. The number of nitrogens with zero attached hydrogens (tertiary/aromatic N) is 1. The van der Waals surface area contributed by atoms with Gasteiger partial charge in [-0.15, -0.1) is 11.3 Å². The van der Waals surface area contributed by atoms with Crippen LogP contribution >= 0.6 is 11.3 Å². The molecule has 0 amide bonds. The average Bonchev–Trinajstić information content (AvgIpc) is 2.59. The lowest BCUT2D eigenvalue weighted by molar-refractivity contribution is 0.314. The van der Waals surface area contributed by atoms with Crippen molar-refractivity contribution in [3.05, 3.63) is 16.1 Å². The van der Waals surface area contributed by atoms with E-state index in [9.17, 15) is 0 Å². The number of aryl methyl sites for hydroxylation is 1. The van der Waals surface area contributed by atoms with E-state index < -0.39 is 0 Å². The van der Waals surface area contributed by atoms with E-state index in [4.69, 9.17) is 5.73 Å². The smallest absolute Gasteiger partial charge is 0.0946 e. The first-order chi connectivity index (χ1) is 7.68. The van der Waals surface area contributed by atoms with Gasteiger partial charge in [0, 0.05) is 23.0 Å². The summed E-state index contributed by atoms with van der Waals surface area (Å²) in [6, 6.07) is 0. The first kappa shape index (κ1) is 12.1. The van der Waals surface area contributed by atoms with Crippen LogP contribution in [0, 0.1) is 6.92 Å². The molecule has 0 saturated heterocycles. The molecule has 16 heavy (non-hydrogen) atoms. The number of aromatic nitrogens is 1. The lowest BCUT2D eigenvalue weighted by atomic mass is 9.82. The largest absolute Gasteiger partial charge is 0.325 e. The highest BCUT2D eigenvalue weighted by molar-refractivity contribution is 7.09. The molecule has 1 aliphatic rings. The normalized spacial score (nSPS) is 21.4. The third-order valence-electron chi connectivity index (χ3n) is 3.52. The lowest BCUT2D eigenvalue weighted by Gasteiger charge is -2.30. The van der Waals surface area contributed by atoms with Crippen LogP contribution in [0.4, 0.5) is 0 Å². The highest BCUT2D eigenvalue weighted by Gasteiger charge is 2.26. The minimum Gasteiger partial charge on any atom is -0.325 e. The summed E-state index contributed by atoms with van der Waals surface area (Å²) in [6.07, 6.45) is 10.0. The number of thiazole rings is 1. The van der Waals surface area contributed by atoms with E-state index in [1.54, 1.807) is 11.3 Å². The molecule has 2 N–H and O–H groups in total. The molecule has 0 unspecified atom stereocenters. The van der Waals surface area contributed by atoms with Gasteiger partial charge in [0.1, 0.15) is 0 Å². The molecular weight excluding hydrogens is 216 g/mol. The van der Waals surface area contributed by atoms with Crippen LogP contribution in [-0.4, -0.2) is 10.5 Å². The Kier molecular flexibility index (Phi) is 3.98. The first-order valence-corrected chi connectivity index (χ1v) is 7.26. The summed E-state index contributed by atoms with van der Waals surface area (Å²) in [4.78, 5) is 4.54. The highest BCUT2D eigenvalue weighted by atomic mass is 32.1. The van der Waals surface area contributed by atoms with Crippen molar-refractivity contribution in [1.82, 2.24) is 4.98 Å². The number of rotatable bonds is 2. The molecule has 3 heteroatoms. The third kappa shape index (κ3) is 3.29. The van der Waals surface area contributed by atoms with Gasteiger partial charge < -0.3 is 5.73 Å². The average molecular weight is 238 g/mol. The monoisotopic (exact) mass is 238 g/mol. The second-order valence-corrected chi connectivity index (χ2v) is 6.13. The first-order valence-electron chi connectivity index (χ1n) is 6.38. The van der Waals surface area contributed by atoms with Crippen LogP contribution in [0.25, 0.3) is 0 Å². The highest BCUT2D eigenvalue weighted by Crippen LogP contribution is 2.28. The molecule has 1 saturated carbocycles. The van der Waals surface area contributed by atoms with E-state index in [1.807, 2.05) is 0 Å². The molecule has 0 aliphatic heterocycles. The van der Waals surface area contributed by atoms with E-state index in [0.717, 1.165) is 12.1 Å². The van der Waals surface area contributed by atoms with Crippen LogP contribution in [-0.2, 0) is 6.42 Å². The molecule has 2 nitrogen and oxygen atoms in total. The minimum atomic E-state index is 0.0186. The van der Waals surface area contributed by atoms with Crippen molar-refractivity contribution < 1.29 is 0 Å². The number of hydrogen-bond donors (Lipinski definition) is 1. The summed E-state index contributed by atoms with van der Waals surface area (Å²) < 4.78 is 0. The third-order valence-corrected chi connectivity index (χ3v) is 4.49. The fraction of sp³-hybridized carbons (Fsp3) is 0.769. The van der Waals surface area contributed by atoms with E-state index in [0.29, 0.717) is 0 Å². The topological polar surface area (TPSA) is 38.9 Å². The molecule has 1 aromatic heterocycles. The molecule has 2 rings (SSSR count). The van der Waals surface area contributed by atoms with E-state index in [2.05, 4.69) is 17.3 Å². The molecule has 1 heterocycles. The molecule has 1 aliphatic carbocycles. The Morgan fingerprint density at radius 1 is 1.25 bits per heavy atom. The molecule has 90 valence electrons. The van der Waals surface area contributed by atoms with E-state index in [1.165, 1.54) is 50.0 Å². The number of nitrogens with two attached hydrogens (primary N) is 1. The van der Waals surface area contributed by atoms with Gasteiger partial charge in [-0.25, -0.2) is 4.98 Å². The summed E-state index contributed by atoms with van der Waals surface area (Å²) in [5, 5.41) is 3.35. The quantitative estimate of drug-likeness (QED) is 0.857. The van der Waals surface area contributed by atoms with Gasteiger partial charge in [-0.3, -0.25) is 0 Å². The molecule has 0 bridgehead atoms. The van der Waals surface area contributed by atoms with Crippen LogP contribution in [0.1, 0.15) is 55.6 Å². The Bertz CT molecular complexity index is 324. The zero-order valence-electron chi connectivity index (χ0n) is 10.2. The van der Waals surface area contributed by atoms with E-state index >= 15 is 0 Å². The van der Waals surface area contributed by atoms with Crippen LogP contribution in [0.2, 0.25) is 0 Å². The number of hydrogen-bond acceptors (Lipinski definition) is 3. The second-order valence-electron chi connectivity index (χ2n) is 5.19. The van der Waals surface area contributed by atoms with Crippen molar-refractivity contribution in [1.29, 1.82) is 0 Å². The van der Waals surface area contributed by atoms with Crippen molar-refractivity contribution >= 4 is 11.3 Å². The maximum Gasteiger partial charge on any atom is 0.0946 e. The summed E-state index contributed by atoms with van der Waals surface area (Å²) in [6.45, 7) is 2.06. The molecule has 0 radical (unpaired) electrons. The van der Waals surface area contributed by atoms with Crippen molar-refractivity contribution in [3.63, 3.8) is 0 Å². The Balaban J connectivity index is 1.99. The van der Waals surface area contributed by atoms with Crippen LogP contribution in [0.5, 0.6) is 0 Å². The lowest BCUT2D eigenvalue weighted by Crippen LogP contribution is -2.42. The molecule has 0 spiro atoms. The second kappa shape index (κ2) is 5.28. The summed E-state index contributed by atoms with van der Waals surface area (Å²) >= 11 is 1.76. The van der Waals surface area contributed by atoms with Crippen LogP contribution in [0.3, 0.4) is 0 Å². The molecule has 1 fully saturated rings. The van der Waals surface area contributed by atoms with Crippen LogP contribution < -0.4 is 5.73 Å². The van der Waals surface area contributed by atoms with Gasteiger partial charge in [-0.05, 0) is 19.8 Å². The minimum absolute atomic E-state index is 0.0186. The summed E-state index contributed by atoms with van der Waals surface area (Å²) in [5.41, 5.74) is 7.69. The summed E-state index contributed by atoms with van der Waals surface area (Å²) in [7, 11) is 0. The SMILES string of the molecule is Cc1csc(CC2(N)CCCCCCC2)n1. The van der Waals surface area contributed by atoms with Crippen molar-refractivity contribution in [3.8, 4) is 0 Å². The van der Waals surface area contributed by atoms with Crippen molar-refractivity contribution in [2.45, 2.75) is 63.8 Å². The van der Waals surface area contributed by atoms with Gasteiger partial charge in [0.25, 0.3) is 0 Å². The molecule has 0 aromatic carbocycles. The van der Waals surface area contributed by atoms with Gasteiger partial charge >= 0.3 is 0 Å². The Hall–Kier alpha value is -0.410. The van der Waals surface area contributed by atoms with Gasteiger partial charge in [0.15, 0.2) is 0 Å². The maximum absolute atomic E-state index is 6.54. The summed E-state index contributed by atoms with van der Waals surface area (Å²) in [5.74, 6) is 0. The van der Waals surface area contributed by atoms with Gasteiger partial charge in [-0.1, -0.05) is 32.1 Å². The van der Waals surface area contributed by atoms with Gasteiger partial charge in [0.2, 0.25) is 0 Å². The van der Waals surface area contributed by atoms with Crippen molar-refractivity contribution in [2.24, 2.45) is 5.73 Å². The molecule has 0 atom stereocenters. The predicted octanol–water partition coefficient (Wildman–Crippen LogP) is 3.44. The van der Waals surface area contributed by atoms with Gasteiger partial charge in [-0.2, -0.15) is 0 Å². The predicted molar refractivity (Wildman–Crippen MR) is 69.8 cm³/mol. The fourth-order valence-corrected chi connectivity index (χ4v) is 3.50. The zero-order valence-corrected chi connectivity index (χ0v) is 11.0. The molecule has 1 aromatic rings. The standard InChI is InChI=1S/C13H22N2S/c1-11-10-16-12(15-11)9-13(14)7-5-3-2-4-6-8-13/h10H,2-9,14H2,1H3. The maximum atomic E-state index is 6.54. The Morgan fingerprint density at radius 2 is 1.88 bits per heavy atom. The van der Waals surface area contributed by atoms with Crippen molar-refractivity contribution in [2.75, 3.05) is 0 Å². The van der Waals surface area contributed by atoms with Gasteiger partial charge in [0.05, 0.1) is 5.01 Å². The molecular formula is C13H22N2S. The Morgan fingerprint density at radius 3 is 2.44 bits per heavy atom. The van der Waals surface area contributed by atoms with E-state index in [-0.39, 0.29) is 5.54 Å². The van der Waals surface area contributed by atoms with Crippen LogP contribution in [0.15, 0.2) is 5.38 Å². The Labute approximate surface area is 102 Å². The zero-order chi connectivity index (χ0) is 11.4.